The number of nitro groups is 1. The zero-order valence-electron chi connectivity index (χ0n) is 7.58. The highest BCUT2D eigenvalue weighted by Crippen LogP contribution is 2.25. The molecule has 1 heterocycles. The highest BCUT2D eigenvalue weighted by molar-refractivity contribution is 5.62. The van der Waals surface area contributed by atoms with E-state index in [2.05, 4.69) is 4.74 Å². The van der Waals surface area contributed by atoms with Crippen LogP contribution in [0.4, 0.5) is 10.5 Å². The van der Waals surface area contributed by atoms with E-state index in [-0.39, 0.29) is 12.3 Å². The van der Waals surface area contributed by atoms with Gasteiger partial charge in [0, 0.05) is 12.1 Å². The van der Waals surface area contributed by atoms with E-state index in [9.17, 15) is 14.9 Å². The topological polar surface area (TPSA) is 78.7 Å². The first-order valence-electron chi connectivity index (χ1n) is 4.24. The third-order valence-electron chi connectivity index (χ3n) is 2.07. The second-order valence-electron chi connectivity index (χ2n) is 3.02. The molecule has 2 rings (SSSR count). The van der Waals surface area contributed by atoms with Gasteiger partial charge >= 0.3 is 6.16 Å². The fourth-order valence-electron chi connectivity index (χ4n) is 1.30. The molecule has 1 fully saturated rings. The molecule has 0 amide bonds. The Labute approximate surface area is 84.6 Å². The predicted octanol–water partition coefficient (Wildman–Crippen LogP) is 1.80. The van der Waals surface area contributed by atoms with Crippen LogP contribution in [0.1, 0.15) is 11.7 Å². The minimum Gasteiger partial charge on any atom is -0.430 e. The van der Waals surface area contributed by atoms with Gasteiger partial charge in [-0.25, -0.2) is 4.79 Å². The lowest BCUT2D eigenvalue weighted by molar-refractivity contribution is -0.384. The van der Waals surface area contributed by atoms with Crippen molar-refractivity contribution in [2.45, 2.75) is 6.10 Å². The number of benzene rings is 1. The maximum Gasteiger partial charge on any atom is 0.509 e. The Hall–Kier alpha value is -2.11. The number of rotatable bonds is 2. The van der Waals surface area contributed by atoms with Crippen LogP contribution in [0.5, 0.6) is 0 Å². The third-order valence-corrected chi connectivity index (χ3v) is 2.07. The molecule has 0 bridgehead atoms. The van der Waals surface area contributed by atoms with Gasteiger partial charge < -0.3 is 9.47 Å². The van der Waals surface area contributed by atoms with Crippen LogP contribution in [-0.2, 0) is 9.47 Å². The Kier molecular flexibility index (Phi) is 2.24. The molecule has 1 aliphatic rings. The summed E-state index contributed by atoms with van der Waals surface area (Å²) in [6.07, 6.45) is -1.17. The monoisotopic (exact) mass is 209 g/mol. The molecule has 1 atom stereocenters. The molecule has 0 radical (unpaired) electrons. The molecule has 0 N–H and O–H groups in total. The highest BCUT2D eigenvalue weighted by atomic mass is 16.8. The molecule has 78 valence electrons. The summed E-state index contributed by atoms with van der Waals surface area (Å²) < 4.78 is 9.42. The van der Waals surface area contributed by atoms with Crippen molar-refractivity contribution < 1.29 is 19.2 Å². The lowest BCUT2D eigenvalue weighted by Gasteiger charge is -2.05. The fourth-order valence-corrected chi connectivity index (χ4v) is 1.30. The summed E-state index contributed by atoms with van der Waals surface area (Å²) in [5.41, 5.74) is 0.690. The van der Waals surface area contributed by atoms with E-state index < -0.39 is 17.2 Å². The average molecular weight is 209 g/mol. The number of carbonyl (C=O) groups excluding carboxylic acids is 1. The molecule has 0 saturated carbocycles. The van der Waals surface area contributed by atoms with E-state index in [1.807, 2.05) is 0 Å². The van der Waals surface area contributed by atoms with Crippen LogP contribution < -0.4 is 0 Å². The molecule has 6 nitrogen and oxygen atoms in total. The predicted molar refractivity (Wildman–Crippen MR) is 48.3 cm³/mol. The molecule has 1 saturated heterocycles. The van der Waals surface area contributed by atoms with Gasteiger partial charge in [-0.1, -0.05) is 0 Å². The molecule has 0 unspecified atom stereocenters. The van der Waals surface area contributed by atoms with E-state index in [1.54, 1.807) is 12.1 Å². The van der Waals surface area contributed by atoms with Crippen molar-refractivity contribution in [1.29, 1.82) is 0 Å². The SMILES string of the molecule is O=C1OC[C@H](c2ccc([N+](=O)[O-])cc2)O1. The number of hydrogen-bond acceptors (Lipinski definition) is 5. The Bertz CT molecular complexity index is 399. The maximum atomic E-state index is 10.6. The quantitative estimate of drug-likeness (QED) is 0.421. The Morgan fingerprint density at radius 3 is 2.47 bits per heavy atom. The van der Waals surface area contributed by atoms with Gasteiger partial charge in [-0.15, -0.1) is 0 Å². The summed E-state index contributed by atoms with van der Waals surface area (Å²) >= 11 is 0. The highest BCUT2D eigenvalue weighted by Gasteiger charge is 2.26. The summed E-state index contributed by atoms with van der Waals surface area (Å²) in [6, 6.07) is 5.82. The van der Waals surface area contributed by atoms with Crippen molar-refractivity contribution in [2.75, 3.05) is 6.61 Å². The van der Waals surface area contributed by atoms with Gasteiger partial charge in [0.2, 0.25) is 0 Å². The Morgan fingerprint density at radius 1 is 1.33 bits per heavy atom. The van der Waals surface area contributed by atoms with Gasteiger partial charge in [-0.05, 0) is 17.7 Å². The molecule has 15 heavy (non-hydrogen) atoms. The van der Waals surface area contributed by atoms with Gasteiger partial charge in [-0.2, -0.15) is 0 Å². The van der Waals surface area contributed by atoms with Crippen LogP contribution in [0.25, 0.3) is 0 Å². The van der Waals surface area contributed by atoms with Gasteiger partial charge in [0.05, 0.1) is 4.92 Å². The summed E-state index contributed by atoms with van der Waals surface area (Å²) in [6.45, 7) is 0.149. The summed E-state index contributed by atoms with van der Waals surface area (Å²) in [7, 11) is 0. The van der Waals surface area contributed by atoms with E-state index in [0.717, 1.165) is 0 Å². The molecule has 1 aromatic rings. The van der Waals surface area contributed by atoms with Crippen LogP contribution in [0.3, 0.4) is 0 Å². The molecule has 0 aliphatic carbocycles. The standard InChI is InChI=1S/C9H7NO5/c11-9-14-5-8(15-9)6-1-3-7(4-2-6)10(12)13/h1-4,8H,5H2/t8-/m1/s1. The van der Waals surface area contributed by atoms with Crippen molar-refractivity contribution in [2.24, 2.45) is 0 Å². The van der Waals surface area contributed by atoms with Crippen molar-refractivity contribution in [3.05, 3.63) is 39.9 Å². The van der Waals surface area contributed by atoms with E-state index in [1.165, 1.54) is 12.1 Å². The van der Waals surface area contributed by atoms with Crippen molar-refractivity contribution in [3.63, 3.8) is 0 Å². The first-order chi connectivity index (χ1) is 7.16. The minimum absolute atomic E-state index is 0.00370. The maximum absolute atomic E-state index is 10.6. The third kappa shape index (κ3) is 1.88. The molecular formula is C9H7NO5. The van der Waals surface area contributed by atoms with Crippen LogP contribution in [0.15, 0.2) is 24.3 Å². The van der Waals surface area contributed by atoms with Gasteiger partial charge in [0.1, 0.15) is 6.61 Å². The summed E-state index contributed by atoms with van der Waals surface area (Å²) in [4.78, 5) is 20.5. The normalized spacial score (nSPS) is 19.5. The molecule has 0 spiro atoms. The number of nitrogens with zero attached hydrogens (tertiary/aromatic N) is 1. The zero-order valence-corrected chi connectivity index (χ0v) is 7.58. The first kappa shape index (κ1) is 9.45. The van der Waals surface area contributed by atoms with Gasteiger partial charge in [0.15, 0.2) is 6.10 Å². The van der Waals surface area contributed by atoms with Crippen molar-refractivity contribution in [1.82, 2.24) is 0 Å². The van der Waals surface area contributed by atoms with Crippen LogP contribution in [-0.4, -0.2) is 17.7 Å². The second kappa shape index (κ2) is 3.56. The molecule has 6 heteroatoms. The number of non-ortho nitro benzene ring substituents is 1. The van der Waals surface area contributed by atoms with E-state index in [4.69, 9.17) is 4.74 Å². The molecule has 1 aliphatic heterocycles. The van der Waals surface area contributed by atoms with Gasteiger partial charge in [-0.3, -0.25) is 10.1 Å². The van der Waals surface area contributed by atoms with Gasteiger partial charge in [0.25, 0.3) is 5.69 Å². The lowest BCUT2D eigenvalue weighted by Crippen LogP contribution is -2.00. The Morgan fingerprint density at radius 2 is 2.00 bits per heavy atom. The van der Waals surface area contributed by atoms with E-state index >= 15 is 0 Å². The minimum atomic E-state index is -0.710. The zero-order chi connectivity index (χ0) is 10.8. The first-order valence-corrected chi connectivity index (χ1v) is 4.24. The largest absolute Gasteiger partial charge is 0.509 e. The smallest absolute Gasteiger partial charge is 0.430 e. The number of hydrogen-bond donors (Lipinski definition) is 0. The number of cyclic esters (lactones) is 2. The molecule has 0 aromatic heterocycles. The fraction of sp³-hybridized carbons (Fsp3) is 0.222. The Balaban J connectivity index is 2.17. The van der Waals surface area contributed by atoms with Crippen molar-refractivity contribution in [3.8, 4) is 0 Å². The number of nitro benzene ring substituents is 1. The number of ether oxygens (including phenoxy) is 2. The molecular weight excluding hydrogens is 202 g/mol. The van der Waals surface area contributed by atoms with Crippen LogP contribution in [0, 0.1) is 10.1 Å². The lowest BCUT2D eigenvalue weighted by atomic mass is 10.1. The average Bonchev–Trinajstić information content (AvgIpc) is 2.65. The van der Waals surface area contributed by atoms with Crippen LogP contribution >= 0.6 is 0 Å². The second-order valence-corrected chi connectivity index (χ2v) is 3.02. The van der Waals surface area contributed by atoms with Crippen molar-refractivity contribution >= 4 is 11.8 Å². The summed E-state index contributed by atoms with van der Waals surface area (Å²) in [5.74, 6) is 0. The van der Waals surface area contributed by atoms with E-state index in [0.29, 0.717) is 5.56 Å². The van der Waals surface area contributed by atoms with Crippen LogP contribution in [0.2, 0.25) is 0 Å². The number of carbonyl (C=O) groups is 1. The molecule has 1 aromatic carbocycles. The summed E-state index contributed by atoms with van der Waals surface area (Å²) in [5, 5.41) is 10.4.